The van der Waals surface area contributed by atoms with Gasteiger partial charge in [0.05, 0.1) is 33.4 Å². The minimum atomic E-state index is -0.0499. The molecule has 0 atom stereocenters. The Kier molecular flexibility index (Phi) is 6.45. The highest BCUT2D eigenvalue weighted by Gasteiger charge is 2.46. The molecule has 14 rings (SSSR count). The first-order chi connectivity index (χ1) is 29.7. The molecule has 0 spiro atoms. The van der Waals surface area contributed by atoms with Gasteiger partial charge in [0, 0.05) is 53.3 Å². The van der Waals surface area contributed by atoms with Gasteiger partial charge < -0.3 is 13.9 Å². The van der Waals surface area contributed by atoms with Crippen molar-refractivity contribution >= 4 is 104 Å². The van der Waals surface area contributed by atoms with E-state index in [2.05, 4.69) is 209 Å². The first-order valence-electron chi connectivity index (χ1n) is 20.8. The van der Waals surface area contributed by atoms with Crippen LogP contribution in [0.2, 0.25) is 0 Å². The Morgan fingerprint density at radius 1 is 0.467 bits per heavy atom. The largest absolute Gasteiger partial charge is 0.376 e. The molecule has 0 radical (unpaired) electrons. The summed E-state index contributed by atoms with van der Waals surface area (Å²) in [6.45, 7) is 2.13. The lowest BCUT2D eigenvalue weighted by molar-refractivity contribution is 1.18. The van der Waals surface area contributed by atoms with E-state index in [9.17, 15) is 0 Å². The van der Waals surface area contributed by atoms with Crippen LogP contribution >= 0.6 is 11.3 Å². The normalized spacial score (nSPS) is 13.0. The van der Waals surface area contributed by atoms with Crippen LogP contribution in [0.1, 0.15) is 5.56 Å². The number of thiophene rings is 1. The van der Waals surface area contributed by atoms with Crippen molar-refractivity contribution < 1.29 is 0 Å². The number of hydrogen-bond donors (Lipinski definition) is 0. The molecule has 0 aliphatic carbocycles. The van der Waals surface area contributed by atoms with E-state index in [4.69, 9.17) is 0 Å². The molecule has 0 fully saturated rings. The lowest BCUT2D eigenvalue weighted by atomic mass is 9.47. The Morgan fingerprint density at radius 3 is 1.93 bits per heavy atom. The molecule has 3 aromatic heterocycles. The lowest BCUT2D eigenvalue weighted by Gasteiger charge is -2.41. The second kappa shape index (κ2) is 11.9. The molecule has 60 heavy (non-hydrogen) atoms. The highest BCUT2D eigenvalue weighted by molar-refractivity contribution is 7.32. The van der Waals surface area contributed by atoms with E-state index >= 15 is 0 Å². The third-order valence-corrected chi connectivity index (χ3v) is 14.5. The number of aromatic nitrogens is 2. The number of hydrogen-bond acceptors (Lipinski definition) is 2. The Balaban J connectivity index is 1.24. The van der Waals surface area contributed by atoms with E-state index in [1.165, 1.54) is 125 Å². The quantitative estimate of drug-likeness (QED) is 0.163. The van der Waals surface area contributed by atoms with E-state index < -0.39 is 0 Å². The average molecular weight is 780 g/mol. The third kappa shape index (κ3) is 4.24. The van der Waals surface area contributed by atoms with Crippen molar-refractivity contribution in [3.63, 3.8) is 0 Å². The number of rotatable bonds is 3. The predicted octanol–water partition coefficient (Wildman–Crippen LogP) is 13.5. The fraction of sp³-hybridized carbons (Fsp3) is 0.0182. The first kappa shape index (κ1) is 32.6. The maximum absolute atomic E-state index is 2.67. The highest BCUT2D eigenvalue weighted by Crippen LogP contribution is 2.50. The maximum atomic E-state index is 2.67. The van der Waals surface area contributed by atoms with Crippen LogP contribution in [0.4, 0.5) is 11.4 Å². The number of aryl methyl sites for hydroxylation is 1. The van der Waals surface area contributed by atoms with Gasteiger partial charge in [0.2, 0.25) is 0 Å². The molecule has 5 heteroatoms. The van der Waals surface area contributed by atoms with E-state index in [0.717, 1.165) is 0 Å². The Labute approximate surface area is 350 Å². The zero-order valence-electron chi connectivity index (χ0n) is 32.7. The van der Waals surface area contributed by atoms with E-state index in [1.807, 2.05) is 11.3 Å². The zero-order valence-corrected chi connectivity index (χ0v) is 33.5. The molecule has 0 saturated heterocycles. The summed E-state index contributed by atoms with van der Waals surface area (Å²) in [7, 11) is 0. The molecule has 3 nitrogen and oxygen atoms in total. The van der Waals surface area contributed by atoms with Crippen LogP contribution < -0.4 is 15.1 Å². The SMILES string of the molecule is Cc1ccc(N2B3c4sc5ccc(-c6ccccc6)cc5c4-n4c5cc6ccccc6cc5c5c(-n6c7ccccc7c7ccccc76)cc(c3c54)-c3ccccc32)cc1. The van der Waals surface area contributed by atoms with Crippen molar-refractivity contribution in [3.05, 3.63) is 194 Å². The Morgan fingerprint density at radius 2 is 1.15 bits per heavy atom. The standard InChI is InChI=1S/C55H34BN3S/c1-33-23-26-38(27-24-33)59-47-22-12-9-19-41(47)42-32-49(57-45-20-10-7-17-39(45)40-18-8-11-21-46(40)57)51-43-29-35-15-5-6-16-36(35)31-48(43)58-53-44-30-37(34-13-3-2-4-14-34)25-28-50(44)60-55(53)56(59)52(42)54(51)58/h2-32H,1H3. The second-order valence-corrected chi connectivity index (χ2v) is 17.6. The van der Waals surface area contributed by atoms with Crippen LogP contribution in [-0.4, -0.2) is 16.0 Å². The van der Waals surface area contributed by atoms with Gasteiger partial charge >= 0.3 is 6.85 Å². The Hall–Kier alpha value is -7.34. The molecule has 0 saturated carbocycles. The lowest BCUT2D eigenvalue weighted by Crippen LogP contribution is -2.59. The van der Waals surface area contributed by atoms with Gasteiger partial charge in [0.25, 0.3) is 0 Å². The van der Waals surface area contributed by atoms with Crippen LogP contribution in [0.15, 0.2) is 188 Å². The van der Waals surface area contributed by atoms with Gasteiger partial charge in [-0.25, -0.2) is 0 Å². The minimum Gasteiger partial charge on any atom is -0.376 e. The second-order valence-electron chi connectivity index (χ2n) is 16.5. The molecule has 278 valence electrons. The van der Waals surface area contributed by atoms with Crippen molar-refractivity contribution in [1.82, 2.24) is 9.13 Å². The topological polar surface area (TPSA) is 13.1 Å². The zero-order chi connectivity index (χ0) is 39.2. The molecule has 5 heterocycles. The molecule has 2 aliphatic rings. The van der Waals surface area contributed by atoms with Crippen molar-refractivity contribution in [1.29, 1.82) is 0 Å². The summed E-state index contributed by atoms with van der Waals surface area (Å²) in [4.78, 5) is 2.64. The van der Waals surface area contributed by atoms with Crippen LogP contribution in [0.25, 0.3) is 98.1 Å². The summed E-state index contributed by atoms with van der Waals surface area (Å²) < 4.78 is 7.90. The number of anilines is 2. The number of benzene rings is 9. The maximum Gasteiger partial charge on any atom is 0.343 e. The van der Waals surface area contributed by atoms with Gasteiger partial charge in [0.15, 0.2) is 0 Å². The van der Waals surface area contributed by atoms with E-state index in [-0.39, 0.29) is 6.85 Å². The van der Waals surface area contributed by atoms with Crippen LogP contribution in [0.3, 0.4) is 0 Å². The molecule has 0 N–H and O–H groups in total. The molecule has 0 unspecified atom stereocenters. The summed E-state index contributed by atoms with van der Waals surface area (Å²) in [5.74, 6) is 0. The predicted molar refractivity (Wildman–Crippen MR) is 257 cm³/mol. The number of fused-ring (bicyclic) bond motifs is 14. The van der Waals surface area contributed by atoms with E-state index in [0.29, 0.717) is 0 Å². The van der Waals surface area contributed by atoms with Gasteiger partial charge in [-0.1, -0.05) is 133 Å². The summed E-state index contributed by atoms with van der Waals surface area (Å²) >= 11 is 1.96. The van der Waals surface area contributed by atoms with Gasteiger partial charge in [-0.05, 0) is 101 Å². The molecular formula is C55H34BN3S. The van der Waals surface area contributed by atoms with Gasteiger partial charge in [-0.15, -0.1) is 11.3 Å². The average Bonchev–Trinajstić information content (AvgIpc) is 3.96. The van der Waals surface area contributed by atoms with Crippen LogP contribution in [0.5, 0.6) is 0 Å². The monoisotopic (exact) mass is 779 g/mol. The molecular weight excluding hydrogens is 746 g/mol. The van der Waals surface area contributed by atoms with Crippen molar-refractivity contribution in [2.24, 2.45) is 0 Å². The summed E-state index contributed by atoms with van der Waals surface area (Å²) in [5, 5.41) is 8.88. The molecule has 0 bridgehead atoms. The first-order valence-corrected chi connectivity index (χ1v) is 21.6. The molecule has 9 aromatic carbocycles. The van der Waals surface area contributed by atoms with Gasteiger partial charge in [0.1, 0.15) is 0 Å². The van der Waals surface area contributed by atoms with Gasteiger partial charge in [-0.2, -0.15) is 0 Å². The van der Waals surface area contributed by atoms with Gasteiger partial charge in [-0.3, -0.25) is 0 Å². The summed E-state index contributed by atoms with van der Waals surface area (Å²) in [5.41, 5.74) is 17.6. The number of para-hydroxylation sites is 3. The highest BCUT2D eigenvalue weighted by atomic mass is 32.1. The van der Waals surface area contributed by atoms with Crippen molar-refractivity contribution in [2.45, 2.75) is 6.92 Å². The molecule has 2 aliphatic heterocycles. The Bertz CT molecular complexity index is 3740. The van der Waals surface area contributed by atoms with Crippen LogP contribution in [0, 0.1) is 6.92 Å². The summed E-state index contributed by atoms with van der Waals surface area (Å²) in [6.07, 6.45) is 0. The van der Waals surface area contributed by atoms with E-state index in [1.54, 1.807) is 0 Å². The fourth-order valence-corrected chi connectivity index (χ4v) is 12.0. The third-order valence-electron chi connectivity index (χ3n) is 13.3. The van der Waals surface area contributed by atoms with Crippen molar-refractivity contribution in [3.8, 4) is 33.6 Å². The van der Waals surface area contributed by atoms with Crippen molar-refractivity contribution in [2.75, 3.05) is 4.81 Å². The molecule has 0 amide bonds. The number of nitrogens with zero attached hydrogens (tertiary/aromatic N) is 3. The smallest absolute Gasteiger partial charge is 0.343 e. The fourth-order valence-electron chi connectivity index (χ4n) is 10.7. The summed E-state index contributed by atoms with van der Waals surface area (Å²) in [6, 6.07) is 70.4. The van der Waals surface area contributed by atoms with Crippen LogP contribution in [-0.2, 0) is 0 Å². The minimum absolute atomic E-state index is 0.0499. The molecule has 12 aromatic rings.